The molecule has 1 saturated heterocycles. The standard InChI is InChI=1S/C15H19NO4/c1-10(2)9-20-13-5-3-4-12(7-13)16-8-11(15(18)19)6-14(16)17/h3-5,7,10-11H,6,8-9H2,1-2H3,(H,18,19). The van der Waals surface area contributed by atoms with Crippen molar-refractivity contribution in [2.75, 3.05) is 18.1 Å². The highest BCUT2D eigenvalue weighted by atomic mass is 16.5. The summed E-state index contributed by atoms with van der Waals surface area (Å²) in [5.41, 5.74) is 0.694. The van der Waals surface area contributed by atoms with E-state index in [4.69, 9.17) is 9.84 Å². The number of nitrogens with zero attached hydrogens (tertiary/aromatic N) is 1. The Kier molecular flexibility index (Phi) is 4.27. The Morgan fingerprint density at radius 1 is 1.50 bits per heavy atom. The zero-order valence-corrected chi connectivity index (χ0v) is 11.7. The summed E-state index contributed by atoms with van der Waals surface area (Å²) in [5.74, 6) is -0.583. The van der Waals surface area contributed by atoms with Crippen LogP contribution in [0.5, 0.6) is 5.75 Å². The third kappa shape index (κ3) is 3.29. The monoisotopic (exact) mass is 277 g/mol. The first-order valence-electron chi connectivity index (χ1n) is 6.73. The van der Waals surface area contributed by atoms with Gasteiger partial charge in [0.1, 0.15) is 5.75 Å². The van der Waals surface area contributed by atoms with E-state index in [2.05, 4.69) is 13.8 Å². The summed E-state index contributed by atoms with van der Waals surface area (Å²) in [5, 5.41) is 8.99. The summed E-state index contributed by atoms with van der Waals surface area (Å²) in [6.45, 7) is 4.95. The second-order valence-corrected chi connectivity index (χ2v) is 5.45. The number of aliphatic carboxylic acids is 1. The van der Waals surface area contributed by atoms with Crippen molar-refractivity contribution in [2.45, 2.75) is 20.3 Å². The first-order valence-corrected chi connectivity index (χ1v) is 6.73. The largest absolute Gasteiger partial charge is 0.493 e. The van der Waals surface area contributed by atoms with E-state index in [0.29, 0.717) is 24.0 Å². The van der Waals surface area contributed by atoms with Crippen molar-refractivity contribution in [2.24, 2.45) is 11.8 Å². The third-order valence-electron chi connectivity index (χ3n) is 3.19. The van der Waals surface area contributed by atoms with E-state index >= 15 is 0 Å². The molecule has 108 valence electrons. The molecular formula is C15H19NO4. The predicted octanol–water partition coefficient (Wildman–Crippen LogP) is 2.16. The van der Waals surface area contributed by atoms with Gasteiger partial charge in [0.2, 0.25) is 5.91 Å². The van der Waals surface area contributed by atoms with Gasteiger partial charge in [-0.1, -0.05) is 19.9 Å². The van der Waals surface area contributed by atoms with Gasteiger partial charge >= 0.3 is 5.97 Å². The van der Waals surface area contributed by atoms with Crippen LogP contribution in [0.1, 0.15) is 20.3 Å². The number of hydrogen-bond acceptors (Lipinski definition) is 3. The number of benzene rings is 1. The lowest BCUT2D eigenvalue weighted by Crippen LogP contribution is -2.25. The van der Waals surface area contributed by atoms with E-state index < -0.39 is 11.9 Å². The van der Waals surface area contributed by atoms with Crippen LogP contribution in [0.15, 0.2) is 24.3 Å². The van der Waals surface area contributed by atoms with Crippen molar-refractivity contribution < 1.29 is 19.4 Å². The SMILES string of the molecule is CC(C)COc1cccc(N2CC(C(=O)O)CC2=O)c1. The van der Waals surface area contributed by atoms with Crippen LogP contribution in [0.2, 0.25) is 0 Å². The van der Waals surface area contributed by atoms with Crippen molar-refractivity contribution >= 4 is 17.6 Å². The van der Waals surface area contributed by atoms with Crippen molar-refractivity contribution in [1.29, 1.82) is 0 Å². The van der Waals surface area contributed by atoms with Gasteiger partial charge in [-0.15, -0.1) is 0 Å². The van der Waals surface area contributed by atoms with Crippen LogP contribution in [0.3, 0.4) is 0 Å². The molecule has 1 N–H and O–H groups in total. The molecule has 0 radical (unpaired) electrons. The van der Waals surface area contributed by atoms with Gasteiger partial charge in [-0.3, -0.25) is 9.59 Å². The van der Waals surface area contributed by atoms with Gasteiger partial charge in [0, 0.05) is 24.7 Å². The number of carboxylic acid groups (broad SMARTS) is 1. The quantitative estimate of drug-likeness (QED) is 0.895. The second-order valence-electron chi connectivity index (χ2n) is 5.45. The number of carbonyl (C=O) groups is 2. The van der Waals surface area contributed by atoms with Crippen LogP contribution < -0.4 is 9.64 Å². The maximum atomic E-state index is 11.9. The zero-order valence-electron chi connectivity index (χ0n) is 11.7. The van der Waals surface area contributed by atoms with Gasteiger partial charge in [0.25, 0.3) is 0 Å². The van der Waals surface area contributed by atoms with Crippen LogP contribution in [-0.4, -0.2) is 30.1 Å². The van der Waals surface area contributed by atoms with Crippen LogP contribution in [-0.2, 0) is 9.59 Å². The van der Waals surface area contributed by atoms with Crippen LogP contribution in [0, 0.1) is 11.8 Å². The third-order valence-corrected chi connectivity index (χ3v) is 3.19. The van der Waals surface area contributed by atoms with Gasteiger partial charge < -0.3 is 14.7 Å². The Balaban J connectivity index is 2.11. The molecule has 1 aliphatic heterocycles. The van der Waals surface area contributed by atoms with Gasteiger partial charge in [0.15, 0.2) is 0 Å². The lowest BCUT2D eigenvalue weighted by molar-refractivity contribution is -0.141. The minimum absolute atomic E-state index is 0.0619. The van der Waals surface area contributed by atoms with Gasteiger partial charge in [0.05, 0.1) is 12.5 Å². The van der Waals surface area contributed by atoms with Crippen molar-refractivity contribution in [3.63, 3.8) is 0 Å². The molecule has 5 nitrogen and oxygen atoms in total. The molecule has 1 amide bonds. The van der Waals surface area contributed by atoms with Crippen LogP contribution in [0.4, 0.5) is 5.69 Å². The molecule has 0 saturated carbocycles. The fourth-order valence-corrected chi connectivity index (χ4v) is 2.13. The Hall–Kier alpha value is -2.04. The van der Waals surface area contributed by atoms with Gasteiger partial charge in [-0.05, 0) is 18.1 Å². The van der Waals surface area contributed by atoms with E-state index in [9.17, 15) is 9.59 Å². The Morgan fingerprint density at radius 2 is 2.25 bits per heavy atom. The molecule has 0 aliphatic carbocycles. The predicted molar refractivity (Wildman–Crippen MR) is 74.9 cm³/mol. The number of carboxylic acids is 1. The molecule has 20 heavy (non-hydrogen) atoms. The molecule has 1 aromatic carbocycles. The number of anilines is 1. The van der Waals surface area contributed by atoms with E-state index in [0.717, 1.165) is 0 Å². The molecule has 1 unspecified atom stereocenters. The second kappa shape index (κ2) is 5.94. The summed E-state index contributed by atoms with van der Waals surface area (Å²) < 4.78 is 5.62. The van der Waals surface area contributed by atoms with E-state index in [1.807, 2.05) is 12.1 Å². The first kappa shape index (κ1) is 14.4. The number of ether oxygens (including phenoxy) is 1. The molecule has 1 aliphatic rings. The molecule has 0 bridgehead atoms. The number of carbonyl (C=O) groups excluding carboxylic acids is 1. The van der Waals surface area contributed by atoms with E-state index in [-0.39, 0.29) is 18.9 Å². The molecule has 1 aromatic rings. The van der Waals surface area contributed by atoms with Gasteiger partial charge in [-0.25, -0.2) is 0 Å². The molecule has 0 aromatic heterocycles. The summed E-state index contributed by atoms with van der Waals surface area (Å²) in [4.78, 5) is 24.4. The fraction of sp³-hybridized carbons (Fsp3) is 0.467. The smallest absolute Gasteiger partial charge is 0.308 e. The Labute approximate surface area is 118 Å². The maximum Gasteiger partial charge on any atom is 0.308 e. The molecule has 5 heteroatoms. The minimum atomic E-state index is -0.923. The van der Waals surface area contributed by atoms with Crippen molar-refractivity contribution in [3.05, 3.63) is 24.3 Å². The molecule has 1 heterocycles. The molecular weight excluding hydrogens is 258 g/mol. The number of rotatable bonds is 5. The average Bonchev–Trinajstić information content (AvgIpc) is 2.79. The van der Waals surface area contributed by atoms with Crippen LogP contribution >= 0.6 is 0 Å². The highest BCUT2D eigenvalue weighted by Gasteiger charge is 2.35. The molecule has 0 spiro atoms. The average molecular weight is 277 g/mol. The Morgan fingerprint density at radius 3 is 2.85 bits per heavy atom. The lowest BCUT2D eigenvalue weighted by Gasteiger charge is -2.17. The highest BCUT2D eigenvalue weighted by molar-refractivity contribution is 5.99. The first-order chi connectivity index (χ1) is 9.47. The minimum Gasteiger partial charge on any atom is -0.493 e. The lowest BCUT2D eigenvalue weighted by atomic mass is 10.1. The van der Waals surface area contributed by atoms with Crippen molar-refractivity contribution in [3.8, 4) is 5.75 Å². The van der Waals surface area contributed by atoms with Crippen LogP contribution in [0.25, 0.3) is 0 Å². The topological polar surface area (TPSA) is 66.8 Å². The number of amides is 1. The summed E-state index contributed by atoms with van der Waals surface area (Å²) in [7, 11) is 0. The van der Waals surface area contributed by atoms with E-state index in [1.165, 1.54) is 4.90 Å². The molecule has 1 atom stereocenters. The highest BCUT2D eigenvalue weighted by Crippen LogP contribution is 2.28. The maximum absolute atomic E-state index is 11.9. The molecule has 2 rings (SSSR count). The molecule has 1 fully saturated rings. The Bertz CT molecular complexity index is 512. The number of hydrogen-bond donors (Lipinski definition) is 1. The summed E-state index contributed by atoms with van der Waals surface area (Å²) in [6.07, 6.45) is 0.0619. The summed E-state index contributed by atoms with van der Waals surface area (Å²) in [6, 6.07) is 7.22. The van der Waals surface area contributed by atoms with E-state index in [1.54, 1.807) is 12.1 Å². The summed E-state index contributed by atoms with van der Waals surface area (Å²) >= 11 is 0. The fourth-order valence-electron chi connectivity index (χ4n) is 2.13. The van der Waals surface area contributed by atoms with Gasteiger partial charge in [-0.2, -0.15) is 0 Å². The van der Waals surface area contributed by atoms with Crippen molar-refractivity contribution in [1.82, 2.24) is 0 Å². The normalized spacial score (nSPS) is 18.6. The zero-order chi connectivity index (χ0) is 14.7.